The minimum Gasteiger partial charge on any atom is -0.471 e. The van der Waals surface area contributed by atoms with E-state index >= 15 is 0 Å². The van der Waals surface area contributed by atoms with Crippen molar-refractivity contribution >= 4 is 17.7 Å². The zero-order chi connectivity index (χ0) is 15.9. The first-order valence-corrected chi connectivity index (χ1v) is 8.91. The lowest BCUT2D eigenvalue weighted by molar-refractivity contribution is -0.141. The van der Waals surface area contributed by atoms with Crippen LogP contribution in [-0.4, -0.2) is 58.7 Å². The Morgan fingerprint density at radius 3 is 3.13 bits per heavy atom. The normalized spacial score (nSPS) is 28.8. The van der Waals surface area contributed by atoms with Crippen molar-refractivity contribution in [2.45, 2.75) is 23.7 Å². The number of hydrogen-bond acceptors (Lipinski definition) is 5. The number of ether oxygens (including phenoxy) is 2. The van der Waals surface area contributed by atoms with Gasteiger partial charge in [0.1, 0.15) is 6.10 Å². The van der Waals surface area contributed by atoms with Gasteiger partial charge < -0.3 is 14.4 Å². The van der Waals surface area contributed by atoms with Crippen molar-refractivity contribution in [2.75, 3.05) is 32.1 Å². The van der Waals surface area contributed by atoms with E-state index in [1.807, 2.05) is 16.7 Å². The summed E-state index contributed by atoms with van der Waals surface area (Å²) in [5, 5.41) is 0. The molecule has 3 fully saturated rings. The molecule has 7 heteroatoms. The van der Waals surface area contributed by atoms with Crippen LogP contribution in [0.25, 0.3) is 0 Å². The number of halogens is 1. The van der Waals surface area contributed by atoms with Crippen LogP contribution in [0.1, 0.15) is 12.8 Å². The van der Waals surface area contributed by atoms with Crippen molar-refractivity contribution in [3.8, 4) is 5.88 Å². The Morgan fingerprint density at radius 2 is 2.39 bits per heavy atom. The second kappa shape index (κ2) is 5.94. The summed E-state index contributed by atoms with van der Waals surface area (Å²) >= 11 is 1.83. The van der Waals surface area contributed by atoms with E-state index in [0.29, 0.717) is 13.2 Å². The summed E-state index contributed by atoms with van der Waals surface area (Å²) < 4.78 is 24.7. The SMILES string of the molecule is O=C([C@@H]1CCOC1)N1CC2(C[C@@H](Oc3ncccc3F)CS2)C1. The Morgan fingerprint density at radius 1 is 1.52 bits per heavy atom. The minimum atomic E-state index is -0.426. The van der Waals surface area contributed by atoms with Crippen LogP contribution in [0.15, 0.2) is 18.3 Å². The van der Waals surface area contributed by atoms with Gasteiger partial charge in [0.15, 0.2) is 5.82 Å². The molecule has 3 aliphatic heterocycles. The lowest BCUT2D eigenvalue weighted by Crippen LogP contribution is -2.62. The average Bonchev–Trinajstić information content (AvgIpc) is 3.17. The van der Waals surface area contributed by atoms with Crippen LogP contribution >= 0.6 is 11.8 Å². The predicted molar refractivity (Wildman–Crippen MR) is 83.9 cm³/mol. The molecule has 0 radical (unpaired) electrons. The number of rotatable bonds is 3. The third kappa shape index (κ3) is 2.92. The first kappa shape index (κ1) is 15.2. The third-order valence-electron chi connectivity index (χ3n) is 4.73. The molecular formula is C16H19FN2O3S. The Bertz CT molecular complexity index is 603. The molecule has 5 nitrogen and oxygen atoms in total. The molecule has 0 aromatic carbocycles. The smallest absolute Gasteiger partial charge is 0.250 e. The van der Waals surface area contributed by atoms with Gasteiger partial charge in [0.2, 0.25) is 5.91 Å². The van der Waals surface area contributed by atoms with E-state index in [0.717, 1.165) is 31.7 Å². The van der Waals surface area contributed by atoms with Gasteiger partial charge in [-0.1, -0.05) is 0 Å². The fourth-order valence-electron chi connectivity index (χ4n) is 3.51. The summed E-state index contributed by atoms with van der Waals surface area (Å²) in [6, 6.07) is 2.91. The van der Waals surface area contributed by atoms with Crippen molar-refractivity contribution in [3.05, 3.63) is 24.1 Å². The molecule has 0 bridgehead atoms. The van der Waals surface area contributed by atoms with Gasteiger partial charge in [0, 0.05) is 38.1 Å². The highest BCUT2D eigenvalue weighted by molar-refractivity contribution is 8.01. The Kier molecular flexibility index (Phi) is 3.93. The number of carbonyl (C=O) groups excluding carboxylic acids is 1. The summed E-state index contributed by atoms with van der Waals surface area (Å²) in [4.78, 5) is 18.2. The van der Waals surface area contributed by atoms with Crippen molar-refractivity contribution in [2.24, 2.45) is 5.92 Å². The van der Waals surface area contributed by atoms with E-state index in [2.05, 4.69) is 4.98 Å². The summed E-state index contributed by atoms with van der Waals surface area (Å²) in [6.07, 6.45) is 3.15. The molecule has 0 N–H and O–H groups in total. The standard InChI is InChI=1S/C16H19FN2O3S/c17-13-2-1-4-18-14(13)22-12-6-16(23-8-12)9-19(10-16)15(20)11-3-5-21-7-11/h1-2,4,11-12H,3,5-10H2/t11-,12-/m1/s1. The van der Waals surface area contributed by atoms with Crippen LogP contribution in [0, 0.1) is 11.7 Å². The maximum atomic E-state index is 13.6. The number of thioether (sulfide) groups is 1. The monoisotopic (exact) mass is 338 g/mol. The van der Waals surface area contributed by atoms with Crippen LogP contribution in [0.5, 0.6) is 5.88 Å². The summed E-state index contributed by atoms with van der Waals surface area (Å²) in [6.45, 7) is 2.77. The number of hydrogen-bond donors (Lipinski definition) is 0. The van der Waals surface area contributed by atoms with Crippen molar-refractivity contribution in [1.82, 2.24) is 9.88 Å². The van der Waals surface area contributed by atoms with E-state index in [9.17, 15) is 9.18 Å². The molecule has 23 heavy (non-hydrogen) atoms. The first-order chi connectivity index (χ1) is 11.2. The minimum absolute atomic E-state index is 0.0356. The van der Waals surface area contributed by atoms with Gasteiger partial charge in [0.25, 0.3) is 5.88 Å². The molecule has 3 aliphatic rings. The van der Waals surface area contributed by atoms with E-state index < -0.39 is 5.82 Å². The zero-order valence-corrected chi connectivity index (χ0v) is 13.6. The molecular weight excluding hydrogens is 319 g/mol. The van der Waals surface area contributed by atoms with Crippen LogP contribution in [0.4, 0.5) is 4.39 Å². The molecule has 124 valence electrons. The summed E-state index contributed by atoms with van der Waals surface area (Å²) in [7, 11) is 0. The fourth-order valence-corrected chi connectivity index (χ4v) is 5.03. The molecule has 1 aromatic heterocycles. The van der Waals surface area contributed by atoms with E-state index in [1.54, 1.807) is 6.07 Å². The molecule has 0 unspecified atom stereocenters. The first-order valence-electron chi connectivity index (χ1n) is 7.93. The molecule has 4 heterocycles. The van der Waals surface area contributed by atoms with Gasteiger partial charge in [-0.3, -0.25) is 4.79 Å². The number of nitrogens with zero attached hydrogens (tertiary/aromatic N) is 2. The maximum absolute atomic E-state index is 13.6. The Balaban J connectivity index is 1.31. The highest BCUT2D eigenvalue weighted by Gasteiger charge is 2.52. The highest BCUT2D eigenvalue weighted by Crippen LogP contribution is 2.46. The van der Waals surface area contributed by atoms with Gasteiger partial charge in [0.05, 0.1) is 17.3 Å². The zero-order valence-electron chi connectivity index (χ0n) is 12.7. The maximum Gasteiger partial charge on any atom is 0.250 e. The fraction of sp³-hybridized carbons (Fsp3) is 0.625. The molecule has 1 amide bonds. The molecule has 0 saturated carbocycles. The van der Waals surface area contributed by atoms with E-state index in [4.69, 9.17) is 9.47 Å². The number of carbonyl (C=O) groups is 1. The lowest BCUT2D eigenvalue weighted by atomic mass is 9.91. The molecule has 0 aliphatic carbocycles. The van der Waals surface area contributed by atoms with Crippen molar-refractivity contribution in [3.63, 3.8) is 0 Å². The van der Waals surface area contributed by atoms with E-state index in [1.165, 1.54) is 12.3 Å². The number of pyridine rings is 1. The second-order valence-electron chi connectivity index (χ2n) is 6.48. The number of aromatic nitrogens is 1. The third-order valence-corrected chi connectivity index (χ3v) is 6.30. The largest absolute Gasteiger partial charge is 0.471 e. The van der Waals surface area contributed by atoms with Crippen molar-refractivity contribution < 1.29 is 18.7 Å². The second-order valence-corrected chi connectivity index (χ2v) is 7.97. The Hall–Kier alpha value is -1.34. The summed E-state index contributed by atoms with van der Waals surface area (Å²) in [5.41, 5.74) is 0. The molecule has 3 saturated heterocycles. The quantitative estimate of drug-likeness (QED) is 0.840. The Labute approximate surface area is 138 Å². The topological polar surface area (TPSA) is 51.7 Å². The van der Waals surface area contributed by atoms with Crippen LogP contribution in [0.3, 0.4) is 0 Å². The van der Waals surface area contributed by atoms with Crippen molar-refractivity contribution in [1.29, 1.82) is 0 Å². The van der Waals surface area contributed by atoms with Crippen LogP contribution in [0.2, 0.25) is 0 Å². The highest BCUT2D eigenvalue weighted by atomic mass is 32.2. The number of likely N-dealkylation sites (tertiary alicyclic amines) is 1. The molecule has 1 spiro atoms. The summed E-state index contributed by atoms with van der Waals surface area (Å²) in [5.74, 6) is 0.711. The van der Waals surface area contributed by atoms with Gasteiger partial charge in [-0.05, 0) is 18.6 Å². The molecule has 2 atom stereocenters. The predicted octanol–water partition coefficient (Wildman–Crippen LogP) is 1.72. The molecule has 1 aromatic rings. The lowest BCUT2D eigenvalue weighted by Gasteiger charge is -2.48. The van der Waals surface area contributed by atoms with Gasteiger partial charge in [-0.15, -0.1) is 11.8 Å². The average molecular weight is 338 g/mol. The van der Waals surface area contributed by atoms with Crippen LogP contribution < -0.4 is 4.74 Å². The van der Waals surface area contributed by atoms with Gasteiger partial charge in [-0.25, -0.2) is 9.37 Å². The van der Waals surface area contributed by atoms with Gasteiger partial charge in [-0.2, -0.15) is 0 Å². The van der Waals surface area contributed by atoms with E-state index in [-0.39, 0.29) is 28.6 Å². The molecule has 4 rings (SSSR count). The van der Waals surface area contributed by atoms with Gasteiger partial charge >= 0.3 is 0 Å². The number of amides is 1. The van der Waals surface area contributed by atoms with Crippen LogP contribution in [-0.2, 0) is 9.53 Å².